The van der Waals surface area contributed by atoms with Gasteiger partial charge in [-0.1, -0.05) is 32.4 Å². The predicted molar refractivity (Wildman–Crippen MR) is 92.0 cm³/mol. The maximum Gasteiger partial charge on any atom is 0.119 e. The zero-order valence-electron chi connectivity index (χ0n) is 14.7. The van der Waals surface area contributed by atoms with Gasteiger partial charge in [0, 0.05) is 5.54 Å². The normalized spacial score (nSPS) is 14.8. The summed E-state index contributed by atoms with van der Waals surface area (Å²) in [6.07, 6.45) is 3.64. The maximum atomic E-state index is 5.34. The Hall–Kier alpha value is -1.02. The molecule has 1 aromatic rings. The monoisotopic (exact) mass is 291 g/mol. The van der Waals surface area contributed by atoms with Crippen LogP contribution in [0, 0.1) is 11.8 Å². The van der Waals surface area contributed by atoms with Crippen molar-refractivity contribution in [2.45, 2.75) is 59.4 Å². The van der Waals surface area contributed by atoms with Gasteiger partial charge in [-0.3, -0.25) is 0 Å². The van der Waals surface area contributed by atoms with Crippen LogP contribution in [0.4, 0.5) is 0 Å². The number of benzene rings is 1. The highest BCUT2D eigenvalue weighted by molar-refractivity contribution is 5.28. The molecule has 2 atom stereocenters. The quantitative estimate of drug-likeness (QED) is 0.751. The Morgan fingerprint density at radius 1 is 1.24 bits per heavy atom. The highest BCUT2D eigenvalue weighted by atomic mass is 16.5. The summed E-state index contributed by atoms with van der Waals surface area (Å²) in [4.78, 5) is 0. The van der Waals surface area contributed by atoms with E-state index in [2.05, 4.69) is 58.1 Å². The van der Waals surface area contributed by atoms with Gasteiger partial charge in [-0.25, -0.2) is 0 Å². The van der Waals surface area contributed by atoms with E-state index >= 15 is 0 Å². The molecule has 0 aliphatic heterocycles. The molecular formula is C19H33NO. The van der Waals surface area contributed by atoms with Crippen molar-refractivity contribution in [3.8, 4) is 5.75 Å². The average molecular weight is 291 g/mol. The van der Waals surface area contributed by atoms with Gasteiger partial charge < -0.3 is 10.1 Å². The second-order valence-electron chi connectivity index (χ2n) is 7.30. The molecule has 0 aliphatic carbocycles. The standard InChI is InChI=1S/C19H33NO/c1-7-15(2)11-17(14-20-19(3,4)5)12-16-9-8-10-18(13-16)21-6/h8-10,13,15,17,20H,7,11-12,14H2,1-6H3. The van der Waals surface area contributed by atoms with E-state index in [4.69, 9.17) is 4.74 Å². The lowest BCUT2D eigenvalue weighted by Gasteiger charge is -2.27. The minimum atomic E-state index is 0.183. The van der Waals surface area contributed by atoms with Crippen LogP contribution in [-0.2, 0) is 6.42 Å². The highest BCUT2D eigenvalue weighted by Gasteiger charge is 2.17. The van der Waals surface area contributed by atoms with E-state index in [0.717, 1.165) is 24.6 Å². The molecule has 0 heterocycles. The summed E-state index contributed by atoms with van der Waals surface area (Å²) in [5.41, 5.74) is 1.56. The molecule has 2 nitrogen and oxygen atoms in total. The van der Waals surface area contributed by atoms with E-state index in [-0.39, 0.29) is 5.54 Å². The Labute approximate surface area is 131 Å². The van der Waals surface area contributed by atoms with Gasteiger partial charge >= 0.3 is 0 Å². The van der Waals surface area contributed by atoms with Gasteiger partial charge in [-0.05, 0) is 69.7 Å². The lowest BCUT2D eigenvalue weighted by atomic mass is 9.88. The maximum absolute atomic E-state index is 5.34. The molecule has 0 fully saturated rings. The van der Waals surface area contributed by atoms with Crippen molar-refractivity contribution in [1.29, 1.82) is 0 Å². The first-order chi connectivity index (χ1) is 9.84. The number of hydrogen-bond acceptors (Lipinski definition) is 2. The van der Waals surface area contributed by atoms with Crippen molar-refractivity contribution in [2.24, 2.45) is 11.8 Å². The van der Waals surface area contributed by atoms with Crippen molar-refractivity contribution < 1.29 is 4.74 Å². The second kappa shape index (κ2) is 8.43. The molecule has 0 bridgehead atoms. The summed E-state index contributed by atoms with van der Waals surface area (Å²) >= 11 is 0. The molecule has 21 heavy (non-hydrogen) atoms. The Bertz CT molecular complexity index is 408. The number of rotatable bonds is 8. The van der Waals surface area contributed by atoms with E-state index < -0.39 is 0 Å². The third-order valence-electron chi connectivity index (χ3n) is 4.01. The Morgan fingerprint density at radius 2 is 1.95 bits per heavy atom. The first-order valence-electron chi connectivity index (χ1n) is 8.22. The summed E-state index contributed by atoms with van der Waals surface area (Å²) in [5, 5.41) is 3.67. The van der Waals surface area contributed by atoms with Crippen LogP contribution >= 0.6 is 0 Å². The fraction of sp³-hybridized carbons (Fsp3) is 0.684. The van der Waals surface area contributed by atoms with E-state index in [9.17, 15) is 0 Å². The van der Waals surface area contributed by atoms with Crippen LogP contribution in [-0.4, -0.2) is 19.2 Å². The van der Waals surface area contributed by atoms with Gasteiger partial charge in [-0.2, -0.15) is 0 Å². The smallest absolute Gasteiger partial charge is 0.119 e. The van der Waals surface area contributed by atoms with Gasteiger partial charge in [0.25, 0.3) is 0 Å². The highest BCUT2D eigenvalue weighted by Crippen LogP contribution is 2.22. The van der Waals surface area contributed by atoms with Crippen LogP contribution in [0.1, 0.15) is 53.0 Å². The minimum Gasteiger partial charge on any atom is -0.497 e. The molecule has 120 valence electrons. The molecule has 2 unspecified atom stereocenters. The Balaban J connectivity index is 2.70. The Morgan fingerprint density at radius 3 is 2.52 bits per heavy atom. The van der Waals surface area contributed by atoms with Crippen LogP contribution in [0.15, 0.2) is 24.3 Å². The first-order valence-corrected chi connectivity index (χ1v) is 8.22. The summed E-state index contributed by atoms with van der Waals surface area (Å²) in [5.74, 6) is 2.41. The summed E-state index contributed by atoms with van der Waals surface area (Å²) in [7, 11) is 1.73. The Kier molecular flexibility index (Phi) is 7.24. The number of nitrogens with one attached hydrogen (secondary N) is 1. The largest absolute Gasteiger partial charge is 0.497 e. The number of hydrogen-bond donors (Lipinski definition) is 1. The van der Waals surface area contributed by atoms with Crippen molar-refractivity contribution >= 4 is 0 Å². The third kappa shape index (κ3) is 7.52. The zero-order chi connectivity index (χ0) is 15.9. The molecule has 1 aromatic carbocycles. The summed E-state index contributed by atoms with van der Waals surface area (Å²) in [6.45, 7) is 12.4. The topological polar surface area (TPSA) is 21.3 Å². The SMILES string of the molecule is CCC(C)CC(CNC(C)(C)C)Cc1cccc(OC)c1. The summed E-state index contributed by atoms with van der Waals surface area (Å²) in [6, 6.07) is 8.48. The van der Waals surface area contributed by atoms with Crippen molar-refractivity contribution in [1.82, 2.24) is 5.32 Å². The van der Waals surface area contributed by atoms with Gasteiger partial charge in [0.05, 0.1) is 7.11 Å². The van der Waals surface area contributed by atoms with Crippen LogP contribution in [0.3, 0.4) is 0 Å². The van der Waals surface area contributed by atoms with Crippen LogP contribution < -0.4 is 10.1 Å². The number of ether oxygens (including phenoxy) is 1. The van der Waals surface area contributed by atoms with Gasteiger partial charge in [-0.15, -0.1) is 0 Å². The summed E-state index contributed by atoms with van der Waals surface area (Å²) < 4.78 is 5.34. The lowest BCUT2D eigenvalue weighted by Crippen LogP contribution is -2.40. The molecule has 0 amide bonds. The van der Waals surface area contributed by atoms with E-state index in [1.54, 1.807) is 7.11 Å². The van der Waals surface area contributed by atoms with Crippen LogP contribution in [0.25, 0.3) is 0 Å². The minimum absolute atomic E-state index is 0.183. The number of methoxy groups -OCH3 is 1. The molecule has 0 spiro atoms. The van der Waals surface area contributed by atoms with Crippen LogP contribution in [0.5, 0.6) is 5.75 Å². The van der Waals surface area contributed by atoms with E-state index in [0.29, 0.717) is 5.92 Å². The van der Waals surface area contributed by atoms with Crippen LogP contribution in [0.2, 0.25) is 0 Å². The fourth-order valence-corrected chi connectivity index (χ4v) is 2.56. The molecule has 0 radical (unpaired) electrons. The van der Waals surface area contributed by atoms with Gasteiger partial charge in [0.2, 0.25) is 0 Å². The first kappa shape index (κ1) is 18.0. The predicted octanol–water partition coefficient (Wildman–Crippen LogP) is 4.68. The van der Waals surface area contributed by atoms with Crippen molar-refractivity contribution in [2.75, 3.05) is 13.7 Å². The van der Waals surface area contributed by atoms with Crippen molar-refractivity contribution in [3.05, 3.63) is 29.8 Å². The molecule has 1 N–H and O–H groups in total. The molecular weight excluding hydrogens is 258 g/mol. The second-order valence-corrected chi connectivity index (χ2v) is 7.30. The fourth-order valence-electron chi connectivity index (χ4n) is 2.56. The van der Waals surface area contributed by atoms with Gasteiger partial charge in [0.1, 0.15) is 5.75 Å². The molecule has 2 heteroatoms. The van der Waals surface area contributed by atoms with E-state index in [1.807, 2.05) is 6.07 Å². The molecule has 0 saturated carbocycles. The van der Waals surface area contributed by atoms with Crippen molar-refractivity contribution in [3.63, 3.8) is 0 Å². The molecule has 0 aliphatic rings. The van der Waals surface area contributed by atoms with Gasteiger partial charge in [0.15, 0.2) is 0 Å². The zero-order valence-corrected chi connectivity index (χ0v) is 14.7. The third-order valence-corrected chi connectivity index (χ3v) is 4.01. The average Bonchev–Trinajstić information content (AvgIpc) is 2.44. The molecule has 0 saturated heterocycles. The van der Waals surface area contributed by atoms with E-state index in [1.165, 1.54) is 18.4 Å². The molecule has 0 aromatic heterocycles. The molecule has 1 rings (SSSR count). The lowest BCUT2D eigenvalue weighted by molar-refractivity contribution is 0.320.